The van der Waals surface area contributed by atoms with E-state index in [9.17, 15) is 14.4 Å². The second-order valence-electron chi connectivity index (χ2n) is 7.25. The number of fused-ring (bicyclic) bond motifs is 1. The molecule has 0 radical (unpaired) electrons. The summed E-state index contributed by atoms with van der Waals surface area (Å²) in [6, 6.07) is 8.77. The molecule has 1 atom stereocenters. The molecule has 0 N–H and O–H groups in total. The maximum absolute atomic E-state index is 13.4. The smallest absolute Gasteiger partial charge is 0.336 e. The molecule has 0 saturated carbocycles. The number of aromatic nitrogens is 2. The van der Waals surface area contributed by atoms with Crippen LogP contribution in [0.25, 0.3) is 15.9 Å². The lowest BCUT2D eigenvalue weighted by atomic mass is 10.0. The van der Waals surface area contributed by atoms with Gasteiger partial charge in [-0.15, -0.1) is 11.3 Å². The first kappa shape index (κ1) is 19.4. The summed E-state index contributed by atoms with van der Waals surface area (Å²) in [7, 11) is 1.49. The standard InChI is InChI=1S/C21H23N3O4S/c1-14-7-5-6-11-22(14)18(25)13-23-16-10-12-29-19(16)20(26)24(21(23)27)15-8-3-4-9-17(15)28-2/h3-4,8-10,12,14H,5-7,11,13H2,1-2H3/t14-/m1/s1. The highest BCUT2D eigenvalue weighted by Crippen LogP contribution is 2.22. The van der Waals surface area contributed by atoms with E-state index >= 15 is 0 Å². The largest absolute Gasteiger partial charge is 0.495 e. The van der Waals surface area contributed by atoms with Crippen molar-refractivity contribution in [3.05, 3.63) is 56.5 Å². The van der Waals surface area contributed by atoms with Crippen LogP contribution >= 0.6 is 11.3 Å². The van der Waals surface area contributed by atoms with Crippen molar-refractivity contribution in [2.24, 2.45) is 0 Å². The molecule has 3 aromatic rings. The molecular formula is C21H23N3O4S. The van der Waals surface area contributed by atoms with Crippen molar-refractivity contribution in [1.82, 2.24) is 14.0 Å². The van der Waals surface area contributed by atoms with Crippen LogP contribution in [0.2, 0.25) is 0 Å². The quantitative estimate of drug-likeness (QED) is 0.659. The highest BCUT2D eigenvalue weighted by molar-refractivity contribution is 7.17. The molecule has 152 valence electrons. The van der Waals surface area contributed by atoms with Crippen LogP contribution in [-0.4, -0.2) is 39.6 Å². The van der Waals surface area contributed by atoms with Gasteiger partial charge < -0.3 is 9.64 Å². The van der Waals surface area contributed by atoms with Crippen LogP contribution in [-0.2, 0) is 11.3 Å². The van der Waals surface area contributed by atoms with Crippen LogP contribution in [0.1, 0.15) is 26.2 Å². The van der Waals surface area contributed by atoms with Crippen molar-refractivity contribution in [3.63, 3.8) is 0 Å². The SMILES string of the molecule is COc1ccccc1-n1c(=O)c2sccc2n(CC(=O)N2CCCC[C@H]2C)c1=O. The molecule has 2 aromatic heterocycles. The average Bonchev–Trinajstić information content (AvgIpc) is 3.22. The van der Waals surface area contributed by atoms with Crippen molar-refractivity contribution in [2.75, 3.05) is 13.7 Å². The summed E-state index contributed by atoms with van der Waals surface area (Å²) in [5.41, 5.74) is -0.0787. The molecule has 0 unspecified atom stereocenters. The number of likely N-dealkylation sites (tertiary alicyclic amines) is 1. The Morgan fingerprint density at radius 3 is 2.76 bits per heavy atom. The molecular weight excluding hydrogens is 390 g/mol. The highest BCUT2D eigenvalue weighted by atomic mass is 32.1. The average molecular weight is 413 g/mol. The molecule has 7 nitrogen and oxygen atoms in total. The van der Waals surface area contributed by atoms with E-state index in [2.05, 4.69) is 0 Å². The minimum absolute atomic E-state index is 0.0914. The lowest BCUT2D eigenvalue weighted by molar-refractivity contribution is -0.135. The number of hydrogen-bond acceptors (Lipinski definition) is 5. The fraction of sp³-hybridized carbons (Fsp3) is 0.381. The van der Waals surface area contributed by atoms with Gasteiger partial charge in [0.1, 0.15) is 17.0 Å². The minimum atomic E-state index is -0.539. The van der Waals surface area contributed by atoms with Crippen LogP contribution in [0.5, 0.6) is 5.75 Å². The number of carbonyl (C=O) groups excluding carboxylic acids is 1. The number of rotatable bonds is 4. The summed E-state index contributed by atoms with van der Waals surface area (Å²) in [6.07, 6.45) is 3.05. The summed E-state index contributed by atoms with van der Waals surface area (Å²) in [5.74, 6) is 0.321. The Hall–Kier alpha value is -2.87. The molecule has 0 spiro atoms. The van der Waals surface area contributed by atoms with E-state index in [4.69, 9.17) is 4.74 Å². The van der Waals surface area contributed by atoms with Gasteiger partial charge in [-0.2, -0.15) is 0 Å². The molecule has 0 aliphatic carbocycles. The van der Waals surface area contributed by atoms with E-state index in [-0.39, 0.29) is 18.5 Å². The third kappa shape index (κ3) is 3.37. The molecule has 1 amide bonds. The number of benzene rings is 1. The van der Waals surface area contributed by atoms with Crippen LogP contribution in [0.3, 0.4) is 0 Å². The number of carbonyl (C=O) groups is 1. The van der Waals surface area contributed by atoms with Crippen LogP contribution in [0.15, 0.2) is 45.3 Å². The van der Waals surface area contributed by atoms with Crippen molar-refractivity contribution in [3.8, 4) is 11.4 Å². The maximum Gasteiger partial charge on any atom is 0.336 e. The third-order valence-electron chi connectivity index (χ3n) is 5.50. The molecule has 0 bridgehead atoms. The summed E-state index contributed by atoms with van der Waals surface area (Å²) in [4.78, 5) is 41.3. The van der Waals surface area contributed by atoms with Gasteiger partial charge in [0, 0.05) is 12.6 Å². The lowest BCUT2D eigenvalue weighted by Crippen LogP contribution is -2.46. The van der Waals surface area contributed by atoms with Gasteiger partial charge in [0.15, 0.2) is 0 Å². The van der Waals surface area contributed by atoms with Crippen molar-refractivity contribution < 1.29 is 9.53 Å². The van der Waals surface area contributed by atoms with E-state index in [0.29, 0.717) is 28.2 Å². The topological polar surface area (TPSA) is 73.5 Å². The second-order valence-corrected chi connectivity index (χ2v) is 8.16. The zero-order valence-corrected chi connectivity index (χ0v) is 17.3. The summed E-state index contributed by atoms with van der Waals surface area (Å²) < 4.78 is 8.30. The monoisotopic (exact) mass is 413 g/mol. The van der Waals surface area contributed by atoms with E-state index < -0.39 is 11.2 Å². The number of methoxy groups -OCH3 is 1. The third-order valence-corrected chi connectivity index (χ3v) is 6.39. The number of thiophene rings is 1. The van der Waals surface area contributed by atoms with E-state index in [1.807, 2.05) is 11.8 Å². The van der Waals surface area contributed by atoms with Crippen molar-refractivity contribution in [2.45, 2.75) is 38.8 Å². The Balaban J connectivity index is 1.87. The normalized spacial score (nSPS) is 16.9. The summed E-state index contributed by atoms with van der Waals surface area (Å²) in [6.45, 7) is 2.65. The zero-order chi connectivity index (χ0) is 20.5. The number of piperidine rings is 1. The van der Waals surface area contributed by atoms with Gasteiger partial charge in [0.2, 0.25) is 5.91 Å². The van der Waals surface area contributed by atoms with Gasteiger partial charge in [0.05, 0.1) is 18.3 Å². The predicted molar refractivity (Wildman–Crippen MR) is 113 cm³/mol. The van der Waals surface area contributed by atoms with Crippen LogP contribution < -0.4 is 16.0 Å². The Bertz CT molecular complexity index is 1180. The van der Waals surface area contributed by atoms with Gasteiger partial charge >= 0.3 is 5.69 Å². The minimum Gasteiger partial charge on any atom is -0.495 e. The van der Waals surface area contributed by atoms with Gasteiger partial charge in [-0.25, -0.2) is 9.36 Å². The molecule has 1 aliphatic heterocycles. The Morgan fingerprint density at radius 2 is 2.00 bits per heavy atom. The summed E-state index contributed by atoms with van der Waals surface area (Å²) in [5, 5.41) is 1.77. The molecule has 29 heavy (non-hydrogen) atoms. The number of ether oxygens (including phenoxy) is 1. The molecule has 1 fully saturated rings. The van der Waals surface area contributed by atoms with Gasteiger partial charge in [0.25, 0.3) is 5.56 Å². The molecule has 4 rings (SSSR count). The molecule has 1 aromatic carbocycles. The van der Waals surface area contributed by atoms with Crippen LogP contribution in [0.4, 0.5) is 0 Å². The highest BCUT2D eigenvalue weighted by Gasteiger charge is 2.25. The molecule has 8 heteroatoms. The number of hydrogen-bond donors (Lipinski definition) is 0. The van der Waals surface area contributed by atoms with Gasteiger partial charge in [-0.05, 0) is 49.8 Å². The van der Waals surface area contributed by atoms with E-state index in [1.165, 1.54) is 23.0 Å². The first-order chi connectivity index (χ1) is 14.0. The van der Waals surface area contributed by atoms with Crippen molar-refractivity contribution >= 4 is 27.5 Å². The Morgan fingerprint density at radius 1 is 1.21 bits per heavy atom. The number of para-hydroxylation sites is 2. The Kier molecular flexibility index (Phi) is 5.27. The maximum atomic E-state index is 13.4. The number of amides is 1. The Labute approximate surface area is 171 Å². The lowest BCUT2D eigenvalue weighted by Gasteiger charge is -2.33. The molecule has 1 aliphatic rings. The van der Waals surface area contributed by atoms with Crippen LogP contribution in [0, 0.1) is 0 Å². The molecule has 3 heterocycles. The second kappa shape index (κ2) is 7.87. The predicted octanol–water partition coefficient (Wildman–Crippen LogP) is 2.62. The zero-order valence-electron chi connectivity index (χ0n) is 16.5. The van der Waals surface area contributed by atoms with E-state index in [1.54, 1.807) is 35.7 Å². The van der Waals surface area contributed by atoms with Crippen molar-refractivity contribution in [1.29, 1.82) is 0 Å². The number of nitrogens with zero attached hydrogens (tertiary/aromatic N) is 3. The fourth-order valence-electron chi connectivity index (χ4n) is 3.96. The fourth-order valence-corrected chi connectivity index (χ4v) is 4.79. The molecule has 1 saturated heterocycles. The first-order valence-corrected chi connectivity index (χ1v) is 10.6. The van der Waals surface area contributed by atoms with E-state index in [0.717, 1.165) is 23.8 Å². The first-order valence-electron chi connectivity index (χ1n) is 9.69. The summed E-state index contributed by atoms with van der Waals surface area (Å²) >= 11 is 1.26. The van der Waals surface area contributed by atoms with Gasteiger partial charge in [-0.3, -0.25) is 14.2 Å². The van der Waals surface area contributed by atoms with Gasteiger partial charge in [-0.1, -0.05) is 12.1 Å².